The van der Waals surface area contributed by atoms with Gasteiger partial charge in [0.2, 0.25) is 11.8 Å². The minimum absolute atomic E-state index is 0.101. The molecule has 20 heavy (non-hydrogen) atoms. The van der Waals surface area contributed by atoms with Crippen molar-refractivity contribution < 1.29 is 14.0 Å². The third-order valence-corrected chi connectivity index (χ3v) is 3.67. The van der Waals surface area contributed by atoms with Crippen molar-refractivity contribution in [2.24, 2.45) is 0 Å². The molecule has 1 heterocycles. The van der Waals surface area contributed by atoms with Crippen molar-refractivity contribution in [3.05, 3.63) is 35.6 Å². The van der Waals surface area contributed by atoms with Gasteiger partial charge in [0.15, 0.2) is 0 Å². The molecule has 1 N–H and O–H groups in total. The molecule has 1 atom stereocenters. The number of likely N-dealkylation sites (tertiary alicyclic amines) is 1. The van der Waals surface area contributed by atoms with Crippen LogP contribution in [0.4, 0.5) is 4.39 Å². The first-order chi connectivity index (χ1) is 9.60. The van der Waals surface area contributed by atoms with Gasteiger partial charge in [0, 0.05) is 19.6 Å². The fourth-order valence-corrected chi connectivity index (χ4v) is 2.60. The molecule has 2 rings (SSSR count). The molecule has 1 saturated heterocycles. The monoisotopic (exact) mass is 278 g/mol. The Morgan fingerprint density at radius 3 is 2.70 bits per heavy atom. The summed E-state index contributed by atoms with van der Waals surface area (Å²) >= 11 is 0. The molecule has 0 saturated carbocycles. The fraction of sp³-hybridized carbons (Fsp3) is 0.467. The minimum atomic E-state index is -0.262. The van der Waals surface area contributed by atoms with Gasteiger partial charge < -0.3 is 10.2 Å². The maximum atomic E-state index is 12.9. The van der Waals surface area contributed by atoms with Crippen molar-refractivity contribution in [2.45, 2.75) is 31.7 Å². The van der Waals surface area contributed by atoms with Crippen molar-refractivity contribution >= 4 is 11.8 Å². The van der Waals surface area contributed by atoms with E-state index in [2.05, 4.69) is 5.32 Å². The first-order valence-electron chi connectivity index (χ1n) is 6.84. The van der Waals surface area contributed by atoms with Crippen molar-refractivity contribution in [1.82, 2.24) is 10.2 Å². The smallest absolute Gasteiger partial charge is 0.232 e. The highest BCUT2D eigenvalue weighted by Gasteiger charge is 2.29. The number of halogens is 1. The van der Waals surface area contributed by atoms with Crippen LogP contribution in [0.15, 0.2) is 24.3 Å². The van der Waals surface area contributed by atoms with E-state index in [0.29, 0.717) is 13.0 Å². The number of hydrogen-bond donors (Lipinski definition) is 1. The van der Waals surface area contributed by atoms with Gasteiger partial charge in [0.1, 0.15) is 12.2 Å². The lowest BCUT2D eigenvalue weighted by atomic mass is 10.0. The van der Waals surface area contributed by atoms with Gasteiger partial charge in [-0.05, 0) is 37.0 Å². The Morgan fingerprint density at radius 2 is 2.05 bits per heavy atom. The number of carbonyl (C=O) groups is 2. The fourth-order valence-electron chi connectivity index (χ4n) is 2.60. The SMILES string of the molecule is CNC(=O)CC(=O)N1CCCC1Cc1ccc(F)cc1. The lowest BCUT2D eigenvalue weighted by molar-refractivity contribution is -0.136. The molecule has 0 bridgehead atoms. The first kappa shape index (κ1) is 14.5. The van der Waals surface area contributed by atoms with E-state index in [-0.39, 0.29) is 30.1 Å². The molecule has 1 unspecified atom stereocenters. The maximum Gasteiger partial charge on any atom is 0.232 e. The van der Waals surface area contributed by atoms with Crippen LogP contribution >= 0.6 is 0 Å². The van der Waals surface area contributed by atoms with Crippen LogP contribution < -0.4 is 5.32 Å². The number of nitrogens with one attached hydrogen (secondary N) is 1. The summed E-state index contributed by atoms with van der Waals surface area (Å²) < 4.78 is 12.9. The van der Waals surface area contributed by atoms with Gasteiger partial charge in [-0.1, -0.05) is 12.1 Å². The van der Waals surface area contributed by atoms with Crippen LogP contribution in [-0.2, 0) is 16.0 Å². The topological polar surface area (TPSA) is 49.4 Å². The summed E-state index contributed by atoms with van der Waals surface area (Å²) in [5.74, 6) is -0.649. The van der Waals surface area contributed by atoms with Gasteiger partial charge in [-0.2, -0.15) is 0 Å². The second-order valence-corrected chi connectivity index (χ2v) is 5.06. The molecule has 0 aliphatic carbocycles. The van der Waals surface area contributed by atoms with E-state index < -0.39 is 0 Å². The number of carbonyl (C=O) groups excluding carboxylic acids is 2. The Balaban J connectivity index is 1.98. The second kappa shape index (κ2) is 6.50. The van der Waals surface area contributed by atoms with E-state index in [0.717, 1.165) is 18.4 Å². The molecule has 1 aliphatic heterocycles. The van der Waals surface area contributed by atoms with E-state index in [1.165, 1.54) is 19.2 Å². The van der Waals surface area contributed by atoms with Gasteiger partial charge in [-0.25, -0.2) is 4.39 Å². The quantitative estimate of drug-likeness (QED) is 0.848. The summed E-state index contributed by atoms with van der Waals surface area (Å²) in [5, 5.41) is 2.46. The molecule has 4 nitrogen and oxygen atoms in total. The van der Waals surface area contributed by atoms with E-state index in [1.807, 2.05) is 0 Å². The van der Waals surface area contributed by atoms with Gasteiger partial charge in [-0.3, -0.25) is 9.59 Å². The summed E-state index contributed by atoms with van der Waals surface area (Å²) in [5.41, 5.74) is 1.01. The third-order valence-electron chi connectivity index (χ3n) is 3.67. The van der Waals surface area contributed by atoms with Crippen LogP contribution in [0.1, 0.15) is 24.8 Å². The lowest BCUT2D eigenvalue weighted by Gasteiger charge is -2.24. The lowest BCUT2D eigenvalue weighted by Crippen LogP contribution is -2.39. The van der Waals surface area contributed by atoms with Gasteiger partial charge >= 0.3 is 0 Å². The summed E-state index contributed by atoms with van der Waals surface area (Å²) in [6.07, 6.45) is 2.48. The van der Waals surface area contributed by atoms with Crippen molar-refractivity contribution in [2.75, 3.05) is 13.6 Å². The van der Waals surface area contributed by atoms with E-state index in [4.69, 9.17) is 0 Å². The zero-order valence-corrected chi connectivity index (χ0v) is 11.6. The zero-order chi connectivity index (χ0) is 14.5. The van der Waals surface area contributed by atoms with Crippen LogP contribution in [0.5, 0.6) is 0 Å². The minimum Gasteiger partial charge on any atom is -0.359 e. The van der Waals surface area contributed by atoms with Crippen molar-refractivity contribution in [1.29, 1.82) is 0 Å². The van der Waals surface area contributed by atoms with E-state index in [9.17, 15) is 14.0 Å². The number of nitrogens with zero attached hydrogens (tertiary/aromatic N) is 1. The number of benzene rings is 1. The van der Waals surface area contributed by atoms with Crippen LogP contribution in [0.2, 0.25) is 0 Å². The predicted octanol–water partition coefficient (Wildman–Crippen LogP) is 1.50. The average molecular weight is 278 g/mol. The first-order valence-corrected chi connectivity index (χ1v) is 6.84. The molecule has 0 radical (unpaired) electrons. The van der Waals surface area contributed by atoms with E-state index >= 15 is 0 Å². The molecule has 0 aromatic heterocycles. The highest BCUT2D eigenvalue weighted by atomic mass is 19.1. The Morgan fingerprint density at radius 1 is 1.35 bits per heavy atom. The second-order valence-electron chi connectivity index (χ2n) is 5.06. The normalized spacial score (nSPS) is 18.1. The molecule has 0 spiro atoms. The predicted molar refractivity (Wildman–Crippen MR) is 73.5 cm³/mol. The van der Waals surface area contributed by atoms with Crippen LogP contribution in [0.25, 0.3) is 0 Å². The molecule has 5 heteroatoms. The third kappa shape index (κ3) is 3.56. The number of rotatable bonds is 4. The maximum absolute atomic E-state index is 12.9. The standard InChI is InChI=1S/C15H19FN2O2/c1-17-14(19)10-15(20)18-8-2-3-13(18)9-11-4-6-12(16)7-5-11/h4-7,13H,2-3,8-10H2,1H3,(H,17,19). The highest BCUT2D eigenvalue weighted by molar-refractivity contribution is 5.96. The van der Waals surface area contributed by atoms with Crippen LogP contribution in [0, 0.1) is 5.82 Å². The largest absolute Gasteiger partial charge is 0.359 e. The Labute approximate surface area is 118 Å². The molecule has 1 aromatic carbocycles. The number of hydrogen-bond acceptors (Lipinski definition) is 2. The summed E-state index contributed by atoms with van der Waals surface area (Å²) in [4.78, 5) is 25.1. The van der Waals surface area contributed by atoms with Crippen molar-refractivity contribution in [3.8, 4) is 0 Å². The van der Waals surface area contributed by atoms with Gasteiger partial charge in [-0.15, -0.1) is 0 Å². The Bertz CT molecular complexity index is 487. The molecule has 2 amide bonds. The molecule has 1 aromatic rings. The average Bonchev–Trinajstić information content (AvgIpc) is 2.89. The van der Waals surface area contributed by atoms with Crippen LogP contribution in [-0.4, -0.2) is 36.3 Å². The van der Waals surface area contributed by atoms with E-state index in [1.54, 1.807) is 17.0 Å². The molecule has 108 valence electrons. The summed E-state index contributed by atoms with van der Waals surface area (Å²) in [6.45, 7) is 0.696. The van der Waals surface area contributed by atoms with Gasteiger partial charge in [0.05, 0.1) is 0 Å². The van der Waals surface area contributed by atoms with Gasteiger partial charge in [0.25, 0.3) is 0 Å². The van der Waals surface area contributed by atoms with Crippen molar-refractivity contribution in [3.63, 3.8) is 0 Å². The number of amides is 2. The molecular weight excluding hydrogens is 259 g/mol. The Kier molecular flexibility index (Phi) is 4.71. The molecular formula is C15H19FN2O2. The Hall–Kier alpha value is -1.91. The van der Waals surface area contributed by atoms with Crippen LogP contribution in [0.3, 0.4) is 0 Å². The highest BCUT2D eigenvalue weighted by Crippen LogP contribution is 2.22. The summed E-state index contributed by atoms with van der Waals surface area (Å²) in [6, 6.07) is 6.46. The zero-order valence-electron chi connectivity index (χ0n) is 11.6. The summed E-state index contributed by atoms with van der Waals surface area (Å²) in [7, 11) is 1.52. The molecule has 1 fully saturated rings. The molecule has 1 aliphatic rings.